The zero-order valence-corrected chi connectivity index (χ0v) is 8.50. The summed E-state index contributed by atoms with van der Waals surface area (Å²) < 4.78 is 0. The van der Waals surface area contributed by atoms with Gasteiger partial charge in [-0.05, 0) is 6.07 Å². The lowest BCUT2D eigenvalue weighted by Gasteiger charge is -2.33. The molecule has 0 bridgehead atoms. The third-order valence-electron chi connectivity index (χ3n) is 2.56. The van der Waals surface area contributed by atoms with Crippen LogP contribution in [0.1, 0.15) is 0 Å². The molecule has 0 atom stereocenters. The van der Waals surface area contributed by atoms with Crippen molar-refractivity contribution in [3.8, 4) is 6.07 Å². The summed E-state index contributed by atoms with van der Waals surface area (Å²) in [6.07, 6.45) is 3.32. The number of hydrogen-bond acceptors (Lipinski definition) is 5. The molecule has 0 radical (unpaired) electrons. The van der Waals surface area contributed by atoms with E-state index in [9.17, 15) is 0 Å². The smallest absolute Gasteiger partial charge is 0.131 e. The van der Waals surface area contributed by atoms with Crippen molar-refractivity contribution in [1.29, 1.82) is 5.26 Å². The van der Waals surface area contributed by atoms with E-state index in [1.54, 1.807) is 12.5 Å². The van der Waals surface area contributed by atoms with Gasteiger partial charge < -0.3 is 4.90 Å². The van der Waals surface area contributed by atoms with Crippen LogP contribution in [0.25, 0.3) is 0 Å². The van der Waals surface area contributed by atoms with Gasteiger partial charge in [-0.15, -0.1) is 0 Å². The summed E-state index contributed by atoms with van der Waals surface area (Å²) in [5, 5.41) is 8.58. The van der Waals surface area contributed by atoms with Gasteiger partial charge in [-0.2, -0.15) is 5.26 Å². The molecule has 0 unspecified atom stereocenters. The molecule has 78 valence electrons. The molecule has 2 rings (SSSR count). The summed E-state index contributed by atoms with van der Waals surface area (Å²) in [4.78, 5) is 12.5. The Morgan fingerprint density at radius 2 is 2.13 bits per heavy atom. The highest BCUT2D eigenvalue weighted by Crippen LogP contribution is 2.11. The zero-order chi connectivity index (χ0) is 10.5. The molecule has 1 fully saturated rings. The molecule has 5 nitrogen and oxygen atoms in total. The van der Waals surface area contributed by atoms with Gasteiger partial charge in [-0.3, -0.25) is 4.90 Å². The molecule has 1 aliphatic heterocycles. The van der Waals surface area contributed by atoms with Gasteiger partial charge in [0, 0.05) is 32.4 Å². The van der Waals surface area contributed by atoms with E-state index in [2.05, 4.69) is 25.8 Å². The molecule has 0 aromatic carbocycles. The predicted octanol–water partition coefficient (Wildman–Crippen LogP) is 0.122. The van der Waals surface area contributed by atoms with Crippen molar-refractivity contribution in [3.63, 3.8) is 0 Å². The first-order valence-corrected chi connectivity index (χ1v) is 5.00. The molecule has 15 heavy (non-hydrogen) atoms. The molecule has 2 heterocycles. The van der Waals surface area contributed by atoms with Crippen LogP contribution in [0.3, 0.4) is 0 Å². The van der Waals surface area contributed by atoms with Gasteiger partial charge in [0.2, 0.25) is 0 Å². The van der Waals surface area contributed by atoms with E-state index in [0.29, 0.717) is 6.54 Å². The Labute approximate surface area is 89.0 Å². The molecule has 0 saturated carbocycles. The zero-order valence-electron chi connectivity index (χ0n) is 8.50. The van der Waals surface area contributed by atoms with Gasteiger partial charge in [0.05, 0.1) is 12.6 Å². The molecule has 1 aliphatic rings. The average molecular weight is 203 g/mol. The van der Waals surface area contributed by atoms with Crippen LogP contribution in [-0.2, 0) is 0 Å². The fraction of sp³-hybridized carbons (Fsp3) is 0.500. The summed E-state index contributed by atoms with van der Waals surface area (Å²) in [5.41, 5.74) is 0. The summed E-state index contributed by atoms with van der Waals surface area (Å²) in [7, 11) is 0. The summed E-state index contributed by atoms with van der Waals surface area (Å²) >= 11 is 0. The Morgan fingerprint density at radius 1 is 1.33 bits per heavy atom. The monoisotopic (exact) mass is 203 g/mol. The highest BCUT2D eigenvalue weighted by Gasteiger charge is 2.16. The van der Waals surface area contributed by atoms with E-state index in [0.717, 1.165) is 32.0 Å². The van der Waals surface area contributed by atoms with Crippen molar-refractivity contribution >= 4 is 5.82 Å². The first-order valence-electron chi connectivity index (χ1n) is 5.00. The maximum Gasteiger partial charge on any atom is 0.131 e. The Kier molecular flexibility index (Phi) is 3.10. The van der Waals surface area contributed by atoms with Crippen molar-refractivity contribution < 1.29 is 0 Å². The number of piperazine rings is 1. The average Bonchev–Trinajstić information content (AvgIpc) is 2.32. The van der Waals surface area contributed by atoms with Crippen molar-refractivity contribution in [1.82, 2.24) is 14.9 Å². The van der Waals surface area contributed by atoms with Gasteiger partial charge in [0.1, 0.15) is 12.1 Å². The van der Waals surface area contributed by atoms with Gasteiger partial charge >= 0.3 is 0 Å². The Bertz CT molecular complexity index is 337. The minimum atomic E-state index is 0.525. The van der Waals surface area contributed by atoms with E-state index in [-0.39, 0.29) is 0 Å². The second-order valence-electron chi connectivity index (χ2n) is 3.49. The van der Waals surface area contributed by atoms with Crippen molar-refractivity contribution in [2.45, 2.75) is 0 Å². The first kappa shape index (κ1) is 9.87. The fourth-order valence-corrected chi connectivity index (χ4v) is 1.71. The normalized spacial score (nSPS) is 17.4. The van der Waals surface area contributed by atoms with Gasteiger partial charge in [0.25, 0.3) is 0 Å². The molecular weight excluding hydrogens is 190 g/mol. The maximum absolute atomic E-state index is 8.58. The molecule has 0 spiro atoms. The predicted molar refractivity (Wildman–Crippen MR) is 56.3 cm³/mol. The van der Waals surface area contributed by atoms with E-state index in [1.807, 2.05) is 6.07 Å². The van der Waals surface area contributed by atoms with Gasteiger partial charge in [-0.25, -0.2) is 9.97 Å². The highest BCUT2D eigenvalue weighted by atomic mass is 15.3. The van der Waals surface area contributed by atoms with E-state index >= 15 is 0 Å². The molecular formula is C10H13N5. The van der Waals surface area contributed by atoms with Crippen LogP contribution < -0.4 is 4.90 Å². The molecule has 1 aromatic rings. The van der Waals surface area contributed by atoms with Crippen molar-refractivity contribution in [2.24, 2.45) is 0 Å². The van der Waals surface area contributed by atoms with Gasteiger partial charge in [-0.1, -0.05) is 0 Å². The topological polar surface area (TPSA) is 56.1 Å². The minimum Gasteiger partial charge on any atom is -0.354 e. The Morgan fingerprint density at radius 3 is 2.73 bits per heavy atom. The SMILES string of the molecule is N#CCN1CCN(c2ccncn2)CC1. The minimum absolute atomic E-state index is 0.525. The number of rotatable bonds is 2. The standard InChI is InChI=1S/C10H13N5/c11-2-4-14-5-7-15(8-6-14)10-1-3-12-9-13-10/h1,3,9H,4-8H2. The number of nitrogens with zero attached hydrogens (tertiary/aromatic N) is 5. The van der Waals surface area contributed by atoms with E-state index in [1.165, 1.54) is 0 Å². The maximum atomic E-state index is 8.58. The lowest BCUT2D eigenvalue weighted by Crippen LogP contribution is -2.46. The van der Waals surface area contributed by atoms with Crippen LogP contribution in [0.2, 0.25) is 0 Å². The van der Waals surface area contributed by atoms with E-state index in [4.69, 9.17) is 5.26 Å². The second-order valence-corrected chi connectivity index (χ2v) is 3.49. The second kappa shape index (κ2) is 4.71. The lowest BCUT2D eigenvalue weighted by molar-refractivity contribution is 0.286. The summed E-state index contributed by atoms with van der Waals surface area (Å²) in [5.74, 6) is 0.974. The Hall–Kier alpha value is -1.67. The van der Waals surface area contributed by atoms with Gasteiger partial charge in [0.15, 0.2) is 0 Å². The van der Waals surface area contributed by atoms with Crippen LogP contribution in [-0.4, -0.2) is 47.6 Å². The summed E-state index contributed by atoms with van der Waals surface area (Å²) in [6.45, 7) is 4.24. The molecule has 0 amide bonds. The number of hydrogen-bond donors (Lipinski definition) is 0. The fourth-order valence-electron chi connectivity index (χ4n) is 1.71. The van der Waals surface area contributed by atoms with Crippen LogP contribution in [0.15, 0.2) is 18.6 Å². The quantitative estimate of drug-likeness (QED) is 0.639. The van der Waals surface area contributed by atoms with Crippen molar-refractivity contribution in [3.05, 3.63) is 18.6 Å². The molecule has 0 aliphatic carbocycles. The summed E-state index contributed by atoms with van der Waals surface area (Å²) in [6, 6.07) is 4.09. The van der Waals surface area contributed by atoms with Crippen LogP contribution in [0.5, 0.6) is 0 Å². The van der Waals surface area contributed by atoms with Crippen LogP contribution >= 0.6 is 0 Å². The Balaban J connectivity index is 1.92. The molecule has 1 saturated heterocycles. The number of anilines is 1. The first-order chi connectivity index (χ1) is 7.40. The van der Waals surface area contributed by atoms with Crippen LogP contribution in [0, 0.1) is 11.3 Å². The molecule has 0 N–H and O–H groups in total. The number of aromatic nitrogens is 2. The largest absolute Gasteiger partial charge is 0.354 e. The molecule has 1 aromatic heterocycles. The van der Waals surface area contributed by atoms with E-state index < -0.39 is 0 Å². The third-order valence-corrected chi connectivity index (χ3v) is 2.56. The van der Waals surface area contributed by atoms with Crippen molar-refractivity contribution in [2.75, 3.05) is 37.6 Å². The molecule has 5 heteroatoms. The lowest BCUT2D eigenvalue weighted by atomic mass is 10.3. The third kappa shape index (κ3) is 2.42. The highest BCUT2D eigenvalue weighted by molar-refractivity contribution is 5.36. The van der Waals surface area contributed by atoms with Crippen LogP contribution in [0.4, 0.5) is 5.82 Å². The number of nitriles is 1.